The van der Waals surface area contributed by atoms with Crippen molar-refractivity contribution < 1.29 is 52.1 Å². The molecule has 0 saturated heterocycles. The van der Waals surface area contributed by atoms with Gasteiger partial charge in [0.2, 0.25) is 0 Å². The van der Waals surface area contributed by atoms with E-state index in [0.29, 0.717) is 0 Å². The topological polar surface area (TPSA) is 83.5 Å². The van der Waals surface area contributed by atoms with Crippen LogP contribution < -0.4 is 29.6 Å². The molecule has 0 aromatic heterocycles. The van der Waals surface area contributed by atoms with E-state index in [0.717, 1.165) is 6.08 Å². The Morgan fingerprint density at radius 2 is 1.94 bits per heavy atom. The second-order valence-electron chi connectivity index (χ2n) is 2.85. The monoisotopic (exact) mass is 264 g/mol. The smallest absolute Gasteiger partial charge is 0.744 e. The maximum Gasteiger partial charge on any atom is 1.00 e. The van der Waals surface area contributed by atoms with Crippen LogP contribution in [0.15, 0.2) is 35.2 Å². The van der Waals surface area contributed by atoms with Gasteiger partial charge in [0.25, 0.3) is 0 Å². The molecule has 0 amide bonds. The van der Waals surface area contributed by atoms with Crippen molar-refractivity contribution in [2.24, 2.45) is 0 Å². The van der Waals surface area contributed by atoms with E-state index in [1.165, 1.54) is 31.4 Å². The predicted octanol–water partition coefficient (Wildman–Crippen LogP) is -2.22. The van der Waals surface area contributed by atoms with Crippen LogP contribution in [0.5, 0.6) is 0 Å². The summed E-state index contributed by atoms with van der Waals surface area (Å²) >= 11 is 0. The minimum atomic E-state index is -4.54. The molecule has 0 saturated carbocycles. The maximum absolute atomic E-state index is 10.9. The summed E-state index contributed by atoms with van der Waals surface area (Å²) in [5, 5.41) is 0. The SMILES string of the molecule is COC(=O)C=Cc1ccccc1S(=O)(=O)[O-].[Na+]. The van der Waals surface area contributed by atoms with E-state index >= 15 is 0 Å². The summed E-state index contributed by atoms with van der Waals surface area (Å²) < 4.78 is 36.9. The zero-order valence-electron chi connectivity index (χ0n) is 9.41. The van der Waals surface area contributed by atoms with Gasteiger partial charge in [-0.25, -0.2) is 13.2 Å². The fourth-order valence-electron chi connectivity index (χ4n) is 1.07. The Morgan fingerprint density at radius 1 is 1.35 bits per heavy atom. The molecule has 86 valence electrons. The molecular weight excluding hydrogens is 255 g/mol. The normalized spacial score (nSPS) is 10.9. The number of rotatable bonds is 3. The molecule has 0 N–H and O–H groups in total. The van der Waals surface area contributed by atoms with Crippen LogP contribution in [0.1, 0.15) is 5.56 Å². The van der Waals surface area contributed by atoms with Gasteiger partial charge in [-0.3, -0.25) is 0 Å². The molecule has 1 rings (SSSR count). The van der Waals surface area contributed by atoms with Crippen LogP contribution in [0.2, 0.25) is 0 Å². The summed E-state index contributed by atoms with van der Waals surface area (Å²) in [4.78, 5) is 10.4. The van der Waals surface area contributed by atoms with Crippen molar-refractivity contribution in [1.82, 2.24) is 0 Å². The van der Waals surface area contributed by atoms with Gasteiger partial charge < -0.3 is 9.29 Å². The molecule has 0 heterocycles. The number of carbonyl (C=O) groups excluding carboxylic acids is 1. The van der Waals surface area contributed by atoms with E-state index in [4.69, 9.17) is 0 Å². The number of ether oxygens (including phenoxy) is 1. The summed E-state index contributed by atoms with van der Waals surface area (Å²) in [7, 11) is -3.34. The van der Waals surface area contributed by atoms with Crippen LogP contribution >= 0.6 is 0 Å². The third-order valence-corrected chi connectivity index (χ3v) is 2.70. The van der Waals surface area contributed by atoms with Gasteiger partial charge in [-0.2, -0.15) is 0 Å². The summed E-state index contributed by atoms with van der Waals surface area (Å²) in [6.45, 7) is 0. The number of esters is 1. The van der Waals surface area contributed by atoms with Crippen molar-refractivity contribution in [2.75, 3.05) is 7.11 Å². The number of benzene rings is 1. The largest absolute Gasteiger partial charge is 1.00 e. The van der Waals surface area contributed by atoms with Gasteiger partial charge in [0.15, 0.2) is 0 Å². The molecule has 17 heavy (non-hydrogen) atoms. The van der Waals surface area contributed by atoms with E-state index < -0.39 is 16.1 Å². The molecular formula is C10H9NaO5S. The second-order valence-corrected chi connectivity index (χ2v) is 4.20. The first-order valence-corrected chi connectivity index (χ1v) is 5.67. The summed E-state index contributed by atoms with van der Waals surface area (Å²) in [6.07, 6.45) is 2.26. The average molecular weight is 264 g/mol. The van der Waals surface area contributed by atoms with Crippen LogP contribution in [-0.4, -0.2) is 26.0 Å². The maximum atomic E-state index is 10.9. The second kappa shape index (κ2) is 6.93. The van der Waals surface area contributed by atoms with Crippen molar-refractivity contribution in [1.29, 1.82) is 0 Å². The van der Waals surface area contributed by atoms with Crippen LogP contribution in [0.25, 0.3) is 6.08 Å². The molecule has 0 radical (unpaired) electrons. The first-order chi connectivity index (χ1) is 7.45. The number of carbonyl (C=O) groups is 1. The molecule has 0 aliphatic rings. The first-order valence-electron chi connectivity index (χ1n) is 4.26. The van der Waals surface area contributed by atoms with E-state index in [9.17, 15) is 17.8 Å². The van der Waals surface area contributed by atoms with E-state index in [1.54, 1.807) is 6.07 Å². The Labute approximate surface area is 122 Å². The molecule has 1 aromatic rings. The molecule has 7 heteroatoms. The van der Waals surface area contributed by atoms with Gasteiger partial charge in [-0.05, 0) is 17.7 Å². The van der Waals surface area contributed by atoms with Crippen molar-refractivity contribution >= 4 is 22.2 Å². The fraction of sp³-hybridized carbons (Fsp3) is 0.100. The summed E-state index contributed by atoms with van der Waals surface area (Å²) in [5.41, 5.74) is 0.155. The molecule has 1 aromatic carbocycles. The predicted molar refractivity (Wildman–Crippen MR) is 55.5 cm³/mol. The number of methoxy groups -OCH3 is 1. The van der Waals surface area contributed by atoms with Gasteiger partial charge in [0.05, 0.1) is 12.0 Å². The first kappa shape index (κ1) is 16.3. The molecule has 5 nitrogen and oxygen atoms in total. The van der Waals surface area contributed by atoms with Crippen LogP contribution in [0.4, 0.5) is 0 Å². The Kier molecular flexibility index (Phi) is 6.66. The van der Waals surface area contributed by atoms with Crippen molar-refractivity contribution in [2.45, 2.75) is 4.90 Å². The van der Waals surface area contributed by atoms with Gasteiger partial charge in [-0.1, -0.05) is 18.2 Å². The Balaban J connectivity index is 0.00000256. The van der Waals surface area contributed by atoms with Gasteiger partial charge >= 0.3 is 35.5 Å². The van der Waals surface area contributed by atoms with E-state index in [-0.39, 0.29) is 40.0 Å². The molecule has 0 aliphatic carbocycles. The minimum Gasteiger partial charge on any atom is -0.744 e. The average Bonchev–Trinajstić information content (AvgIpc) is 2.25. The van der Waals surface area contributed by atoms with Crippen molar-refractivity contribution in [3.63, 3.8) is 0 Å². The third kappa shape index (κ3) is 5.01. The molecule has 0 bridgehead atoms. The van der Waals surface area contributed by atoms with Crippen LogP contribution in [-0.2, 0) is 19.6 Å². The van der Waals surface area contributed by atoms with E-state index in [2.05, 4.69) is 4.74 Å². The van der Waals surface area contributed by atoms with Gasteiger partial charge in [0, 0.05) is 6.08 Å². The minimum absolute atomic E-state index is 0. The van der Waals surface area contributed by atoms with Crippen molar-refractivity contribution in [3.05, 3.63) is 35.9 Å². The van der Waals surface area contributed by atoms with E-state index in [1.807, 2.05) is 0 Å². The Hall–Kier alpha value is -0.660. The summed E-state index contributed by atoms with van der Waals surface area (Å²) in [5.74, 6) is -0.627. The van der Waals surface area contributed by atoms with Gasteiger partial charge in [0.1, 0.15) is 10.1 Å². The zero-order valence-corrected chi connectivity index (χ0v) is 12.2. The number of hydrogen-bond donors (Lipinski definition) is 0. The summed E-state index contributed by atoms with van der Waals surface area (Å²) in [6, 6.07) is 5.59. The van der Waals surface area contributed by atoms with Crippen molar-refractivity contribution in [3.8, 4) is 0 Å². The Morgan fingerprint density at radius 3 is 2.47 bits per heavy atom. The van der Waals surface area contributed by atoms with Crippen LogP contribution in [0.3, 0.4) is 0 Å². The molecule has 0 unspecified atom stereocenters. The van der Waals surface area contributed by atoms with Crippen LogP contribution in [0, 0.1) is 0 Å². The number of hydrogen-bond acceptors (Lipinski definition) is 5. The quantitative estimate of drug-likeness (QED) is 0.267. The molecule has 0 spiro atoms. The molecule has 0 atom stereocenters. The molecule has 0 fully saturated rings. The fourth-order valence-corrected chi connectivity index (χ4v) is 1.74. The Bertz CT molecular complexity index is 521. The third-order valence-electron chi connectivity index (χ3n) is 1.79. The van der Waals surface area contributed by atoms with Gasteiger partial charge in [-0.15, -0.1) is 0 Å². The molecule has 0 aliphatic heterocycles. The zero-order chi connectivity index (χ0) is 12.2. The standard InChI is InChI=1S/C10H10O5S.Na/c1-15-10(11)7-6-8-4-2-3-5-9(8)16(12,13)14;/h2-7H,1H3,(H,12,13,14);/q;+1/p-1.